The van der Waals surface area contributed by atoms with Crippen molar-refractivity contribution in [1.82, 2.24) is 10.6 Å². The second kappa shape index (κ2) is 6.34. The number of aryl methyl sites for hydroxylation is 1. The number of hydrogen-bond donors (Lipinski definition) is 2. The van der Waals surface area contributed by atoms with Crippen LogP contribution in [0.1, 0.15) is 45.1 Å². The second-order valence-electron chi connectivity index (χ2n) is 5.56. The van der Waals surface area contributed by atoms with Gasteiger partial charge in [0.1, 0.15) is 0 Å². The molecule has 0 bridgehead atoms. The number of amides is 1. The Labute approximate surface area is 114 Å². The van der Waals surface area contributed by atoms with E-state index in [9.17, 15) is 4.79 Å². The van der Waals surface area contributed by atoms with E-state index in [0.29, 0.717) is 0 Å². The van der Waals surface area contributed by atoms with E-state index in [1.54, 1.807) is 11.3 Å². The summed E-state index contributed by atoms with van der Waals surface area (Å²) in [7, 11) is 0. The molecule has 0 radical (unpaired) electrons. The number of thiophene rings is 1. The van der Waals surface area contributed by atoms with Gasteiger partial charge in [-0.1, -0.05) is 6.92 Å². The molecule has 1 aromatic rings. The van der Waals surface area contributed by atoms with Crippen molar-refractivity contribution in [3.05, 3.63) is 21.9 Å². The van der Waals surface area contributed by atoms with E-state index in [4.69, 9.17) is 0 Å². The van der Waals surface area contributed by atoms with E-state index < -0.39 is 0 Å². The SMILES string of the molecule is CCc1ccsc1CNC(C)C(=O)NC(C)(C)C. The van der Waals surface area contributed by atoms with Gasteiger partial charge in [-0.05, 0) is 51.1 Å². The summed E-state index contributed by atoms with van der Waals surface area (Å²) in [5.74, 6) is 0.0529. The van der Waals surface area contributed by atoms with E-state index in [1.165, 1.54) is 10.4 Å². The lowest BCUT2D eigenvalue weighted by Gasteiger charge is -2.23. The van der Waals surface area contributed by atoms with Crippen LogP contribution in [0, 0.1) is 0 Å². The summed E-state index contributed by atoms with van der Waals surface area (Å²) in [5.41, 5.74) is 1.20. The van der Waals surface area contributed by atoms with Gasteiger partial charge in [0, 0.05) is 17.0 Å². The fraction of sp³-hybridized carbons (Fsp3) is 0.643. The highest BCUT2D eigenvalue weighted by atomic mass is 32.1. The maximum atomic E-state index is 11.9. The molecule has 0 aromatic carbocycles. The monoisotopic (exact) mass is 268 g/mol. The first kappa shape index (κ1) is 15.2. The molecule has 1 rings (SSSR count). The van der Waals surface area contributed by atoms with Crippen LogP contribution in [0.5, 0.6) is 0 Å². The zero-order valence-corrected chi connectivity index (χ0v) is 12.8. The molecule has 18 heavy (non-hydrogen) atoms. The summed E-state index contributed by atoms with van der Waals surface area (Å²) >= 11 is 1.75. The summed E-state index contributed by atoms with van der Waals surface area (Å²) in [6.07, 6.45) is 1.04. The summed E-state index contributed by atoms with van der Waals surface area (Å²) < 4.78 is 0. The second-order valence-corrected chi connectivity index (χ2v) is 6.57. The Hall–Kier alpha value is -0.870. The van der Waals surface area contributed by atoms with E-state index >= 15 is 0 Å². The molecule has 1 aromatic heterocycles. The fourth-order valence-corrected chi connectivity index (χ4v) is 2.58. The molecule has 1 heterocycles. The lowest BCUT2D eigenvalue weighted by Crippen LogP contribution is -2.49. The maximum absolute atomic E-state index is 11.9. The van der Waals surface area contributed by atoms with Gasteiger partial charge in [0.25, 0.3) is 0 Å². The first-order valence-corrected chi connectivity index (χ1v) is 7.32. The largest absolute Gasteiger partial charge is 0.350 e. The van der Waals surface area contributed by atoms with Gasteiger partial charge in [0.2, 0.25) is 5.91 Å². The van der Waals surface area contributed by atoms with Crippen molar-refractivity contribution < 1.29 is 4.79 Å². The van der Waals surface area contributed by atoms with E-state index in [0.717, 1.165) is 13.0 Å². The molecule has 102 valence electrons. The third kappa shape index (κ3) is 4.78. The summed E-state index contributed by atoms with van der Waals surface area (Å²) in [4.78, 5) is 13.2. The molecule has 0 fully saturated rings. The lowest BCUT2D eigenvalue weighted by atomic mass is 10.1. The molecule has 0 aliphatic rings. The van der Waals surface area contributed by atoms with Gasteiger partial charge < -0.3 is 10.6 Å². The summed E-state index contributed by atoms with van der Waals surface area (Å²) in [5, 5.41) is 8.37. The van der Waals surface area contributed by atoms with Crippen molar-refractivity contribution in [2.45, 2.75) is 59.2 Å². The van der Waals surface area contributed by atoms with Crippen LogP contribution in [0.25, 0.3) is 0 Å². The van der Waals surface area contributed by atoms with Crippen LogP contribution < -0.4 is 10.6 Å². The van der Waals surface area contributed by atoms with Crippen molar-refractivity contribution in [2.75, 3.05) is 0 Å². The predicted octanol–water partition coefficient (Wildman–Crippen LogP) is 2.70. The summed E-state index contributed by atoms with van der Waals surface area (Å²) in [6, 6.07) is 1.98. The van der Waals surface area contributed by atoms with Gasteiger partial charge in [-0.15, -0.1) is 11.3 Å². The Morgan fingerprint density at radius 2 is 2.11 bits per heavy atom. The quantitative estimate of drug-likeness (QED) is 0.862. The third-order valence-corrected chi connectivity index (χ3v) is 3.64. The molecular weight excluding hydrogens is 244 g/mol. The van der Waals surface area contributed by atoms with Gasteiger partial charge >= 0.3 is 0 Å². The fourth-order valence-electron chi connectivity index (χ4n) is 1.65. The zero-order valence-electron chi connectivity index (χ0n) is 12.0. The van der Waals surface area contributed by atoms with Crippen LogP contribution in [0.3, 0.4) is 0 Å². The normalized spacial score (nSPS) is 13.4. The van der Waals surface area contributed by atoms with Crippen LogP contribution in [-0.4, -0.2) is 17.5 Å². The highest BCUT2D eigenvalue weighted by Crippen LogP contribution is 2.17. The average molecular weight is 268 g/mol. The van der Waals surface area contributed by atoms with Crippen LogP contribution in [0.2, 0.25) is 0 Å². The average Bonchev–Trinajstić information content (AvgIpc) is 2.70. The smallest absolute Gasteiger partial charge is 0.237 e. The lowest BCUT2D eigenvalue weighted by molar-refractivity contribution is -0.124. The molecule has 0 saturated carbocycles. The van der Waals surface area contributed by atoms with Gasteiger partial charge in [0.05, 0.1) is 6.04 Å². The van der Waals surface area contributed by atoms with E-state index in [-0.39, 0.29) is 17.5 Å². The van der Waals surface area contributed by atoms with Crippen LogP contribution in [0.4, 0.5) is 0 Å². The molecule has 0 saturated heterocycles. The molecule has 1 atom stereocenters. The Bertz CT molecular complexity index is 393. The number of rotatable bonds is 5. The van der Waals surface area contributed by atoms with Crippen molar-refractivity contribution in [2.24, 2.45) is 0 Å². The minimum atomic E-state index is -0.176. The first-order chi connectivity index (χ1) is 8.33. The third-order valence-electron chi connectivity index (χ3n) is 2.68. The van der Waals surface area contributed by atoms with E-state index in [2.05, 4.69) is 29.0 Å². The molecule has 0 aliphatic heterocycles. The van der Waals surface area contributed by atoms with Gasteiger partial charge in [-0.25, -0.2) is 0 Å². The van der Waals surface area contributed by atoms with Crippen LogP contribution in [0.15, 0.2) is 11.4 Å². The highest BCUT2D eigenvalue weighted by Gasteiger charge is 2.18. The Morgan fingerprint density at radius 1 is 1.44 bits per heavy atom. The zero-order chi connectivity index (χ0) is 13.8. The van der Waals surface area contributed by atoms with Crippen molar-refractivity contribution in [1.29, 1.82) is 0 Å². The number of carbonyl (C=O) groups excluding carboxylic acids is 1. The van der Waals surface area contributed by atoms with Crippen molar-refractivity contribution in [3.63, 3.8) is 0 Å². The minimum absolute atomic E-state index is 0.0529. The Morgan fingerprint density at radius 3 is 2.67 bits per heavy atom. The van der Waals surface area contributed by atoms with E-state index in [1.807, 2.05) is 27.7 Å². The number of nitrogens with one attached hydrogen (secondary N) is 2. The van der Waals surface area contributed by atoms with Crippen LogP contribution in [-0.2, 0) is 17.8 Å². The minimum Gasteiger partial charge on any atom is -0.350 e. The molecule has 4 heteroatoms. The molecule has 0 spiro atoms. The molecule has 0 aliphatic carbocycles. The Balaban J connectivity index is 2.46. The number of carbonyl (C=O) groups is 1. The maximum Gasteiger partial charge on any atom is 0.237 e. The molecular formula is C14H24N2OS. The summed E-state index contributed by atoms with van der Waals surface area (Å²) in [6.45, 7) is 10.8. The topological polar surface area (TPSA) is 41.1 Å². The van der Waals surface area contributed by atoms with Crippen LogP contribution >= 0.6 is 11.3 Å². The van der Waals surface area contributed by atoms with Gasteiger partial charge in [-0.2, -0.15) is 0 Å². The number of hydrogen-bond acceptors (Lipinski definition) is 3. The van der Waals surface area contributed by atoms with Crippen molar-refractivity contribution in [3.8, 4) is 0 Å². The molecule has 3 nitrogen and oxygen atoms in total. The standard InChI is InChI=1S/C14H24N2OS/c1-6-11-7-8-18-12(11)9-15-10(2)13(17)16-14(3,4)5/h7-8,10,15H,6,9H2,1-5H3,(H,16,17). The molecule has 2 N–H and O–H groups in total. The molecule has 1 amide bonds. The highest BCUT2D eigenvalue weighted by molar-refractivity contribution is 7.10. The predicted molar refractivity (Wildman–Crippen MR) is 77.9 cm³/mol. The Kier molecular flexibility index (Phi) is 5.35. The van der Waals surface area contributed by atoms with Crippen molar-refractivity contribution >= 4 is 17.2 Å². The molecule has 1 unspecified atom stereocenters. The van der Waals surface area contributed by atoms with Gasteiger partial charge in [0.15, 0.2) is 0 Å². The first-order valence-electron chi connectivity index (χ1n) is 6.44. The van der Waals surface area contributed by atoms with Gasteiger partial charge in [-0.3, -0.25) is 4.79 Å².